The lowest BCUT2D eigenvalue weighted by molar-refractivity contribution is -0.149. The van der Waals surface area contributed by atoms with Gasteiger partial charge >= 0.3 is 5.97 Å². The van der Waals surface area contributed by atoms with Crippen molar-refractivity contribution in [3.8, 4) is 5.75 Å². The molecule has 0 heterocycles. The lowest BCUT2D eigenvalue weighted by Gasteiger charge is -2.20. The Balaban J connectivity index is 1.34. The summed E-state index contributed by atoms with van der Waals surface area (Å²) in [5, 5.41) is 4.35. The Bertz CT molecular complexity index is 1260. The largest absolute Gasteiger partial charge is 0.488 e. The molecule has 0 spiro atoms. The van der Waals surface area contributed by atoms with E-state index in [0.29, 0.717) is 18.8 Å². The van der Waals surface area contributed by atoms with Crippen LogP contribution in [0.1, 0.15) is 122 Å². The fourth-order valence-corrected chi connectivity index (χ4v) is 5.80. The second-order valence-electron chi connectivity index (χ2n) is 12.6. The van der Waals surface area contributed by atoms with Gasteiger partial charge in [0.25, 0.3) is 0 Å². The van der Waals surface area contributed by atoms with Crippen LogP contribution in [0, 0.1) is 6.92 Å². The fourth-order valence-electron chi connectivity index (χ4n) is 5.80. The van der Waals surface area contributed by atoms with Gasteiger partial charge in [0.05, 0.1) is 6.61 Å². The van der Waals surface area contributed by atoms with Crippen molar-refractivity contribution in [3.63, 3.8) is 0 Å². The molecule has 4 heteroatoms. The molecule has 0 saturated carbocycles. The third-order valence-electron chi connectivity index (χ3n) is 8.45. The number of hydrogen-bond acceptors (Lipinski definition) is 4. The van der Waals surface area contributed by atoms with Crippen LogP contribution in [0.5, 0.6) is 5.75 Å². The van der Waals surface area contributed by atoms with E-state index >= 15 is 0 Å². The van der Waals surface area contributed by atoms with Crippen LogP contribution in [0.4, 0.5) is 0 Å². The van der Waals surface area contributed by atoms with Gasteiger partial charge in [-0.1, -0.05) is 152 Å². The van der Waals surface area contributed by atoms with Crippen molar-refractivity contribution in [1.82, 2.24) is 0 Å². The zero-order valence-electron chi connectivity index (χ0n) is 28.0. The maximum Gasteiger partial charge on any atom is 0.333 e. The normalized spacial score (nSPS) is 12.1. The van der Waals surface area contributed by atoms with E-state index in [9.17, 15) is 4.79 Å². The van der Waals surface area contributed by atoms with Crippen molar-refractivity contribution < 1.29 is 19.0 Å². The highest BCUT2D eigenvalue weighted by Gasteiger charge is 2.18. The number of ether oxygens (including phenoxy) is 3. The molecule has 242 valence electrons. The topological polar surface area (TPSA) is 44.8 Å². The number of benzene rings is 3. The zero-order valence-corrected chi connectivity index (χ0v) is 28.0. The van der Waals surface area contributed by atoms with Crippen molar-refractivity contribution in [2.75, 3.05) is 19.8 Å². The van der Waals surface area contributed by atoms with Gasteiger partial charge in [0.2, 0.25) is 0 Å². The first kappa shape index (κ1) is 35.6. The molecular formula is C40H58O4. The summed E-state index contributed by atoms with van der Waals surface area (Å²) in [6, 6.07) is 16.8. The minimum atomic E-state index is -0.515. The number of carbonyl (C=O) groups is 1. The highest BCUT2D eigenvalue weighted by atomic mass is 16.6. The van der Waals surface area contributed by atoms with Gasteiger partial charge in [0.15, 0.2) is 6.10 Å². The Morgan fingerprint density at radius 3 is 1.89 bits per heavy atom. The van der Waals surface area contributed by atoms with Crippen LogP contribution >= 0.6 is 0 Å². The Morgan fingerprint density at radius 2 is 1.27 bits per heavy atom. The summed E-state index contributed by atoms with van der Waals surface area (Å²) in [4.78, 5) is 12.4. The average Bonchev–Trinajstić information content (AvgIpc) is 3.02. The molecule has 1 atom stereocenters. The lowest BCUT2D eigenvalue weighted by Crippen LogP contribution is -2.30. The van der Waals surface area contributed by atoms with Gasteiger partial charge in [-0.3, -0.25) is 0 Å². The third kappa shape index (κ3) is 13.0. The highest BCUT2D eigenvalue weighted by Crippen LogP contribution is 2.35. The first-order valence-electron chi connectivity index (χ1n) is 17.5. The Kier molecular flexibility index (Phi) is 17.0. The molecule has 0 fully saturated rings. The minimum Gasteiger partial charge on any atom is -0.488 e. The van der Waals surface area contributed by atoms with Gasteiger partial charge in [-0.15, -0.1) is 0 Å². The molecule has 0 aliphatic rings. The molecule has 0 aliphatic carbocycles. The standard InChI is InChI=1S/C40H58O4/c1-5-6-7-8-9-10-11-12-13-14-15-16-17-18-19-22-27-42-30-36(44-40(41)32(2)3)31-43-39-37-24-21-20-23-34(37)29-35-26-25-33(4)28-38(35)39/h20-21,23-26,28-29,36H,2,5-19,22,27,30-31H2,1,3-4H3. The number of hydrogen-bond donors (Lipinski definition) is 0. The van der Waals surface area contributed by atoms with Crippen molar-refractivity contribution in [2.45, 2.75) is 130 Å². The molecule has 3 rings (SSSR count). The van der Waals surface area contributed by atoms with Crippen LogP contribution in [0.3, 0.4) is 0 Å². The summed E-state index contributed by atoms with van der Waals surface area (Å²) in [5.41, 5.74) is 1.55. The van der Waals surface area contributed by atoms with E-state index in [-0.39, 0.29) is 6.61 Å². The molecule has 0 radical (unpaired) electrons. The number of esters is 1. The van der Waals surface area contributed by atoms with Crippen LogP contribution in [0.25, 0.3) is 21.5 Å². The molecule has 44 heavy (non-hydrogen) atoms. The van der Waals surface area contributed by atoms with Gasteiger partial charge in [-0.25, -0.2) is 4.79 Å². The summed E-state index contributed by atoms with van der Waals surface area (Å²) in [7, 11) is 0. The van der Waals surface area contributed by atoms with Crippen LogP contribution in [0.2, 0.25) is 0 Å². The van der Waals surface area contributed by atoms with Crippen molar-refractivity contribution >= 4 is 27.5 Å². The fraction of sp³-hybridized carbons (Fsp3) is 0.575. The van der Waals surface area contributed by atoms with Crippen LogP contribution in [0.15, 0.2) is 60.7 Å². The van der Waals surface area contributed by atoms with Gasteiger partial charge in [-0.05, 0) is 43.2 Å². The highest BCUT2D eigenvalue weighted by molar-refractivity contribution is 6.05. The second kappa shape index (κ2) is 21.0. The molecule has 0 saturated heterocycles. The predicted octanol–water partition coefficient (Wildman–Crippen LogP) is 11.4. The van der Waals surface area contributed by atoms with E-state index < -0.39 is 12.1 Å². The van der Waals surface area contributed by atoms with Crippen molar-refractivity contribution in [1.29, 1.82) is 0 Å². The molecule has 1 unspecified atom stereocenters. The molecule has 3 aromatic rings. The van der Waals surface area contributed by atoms with Crippen LogP contribution < -0.4 is 4.74 Å². The maximum absolute atomic E-state index is 12.4. The molecule has 0 bridgehead atoms. The van der Waals surface area contributed by atoms with Gasteiger partial charge in [-0.2, -0.15) is 0 Å². The Labute approximate surface area is 267 Å². The summed E-state index contributed by atoms with van der Waals surface area (Å²) < 4.78 is 18.1. The van der Waals surface area contributed by atoms with Gasteiger partial charge in [0, 0.05) is 23.0 Å². The van der Waals surface area contributed by atoms with Crippen molar-refractivity contribution in [3.05, 3.63) is 66.2 Å². The number of unbranched alkanes of at least 4 members (excludes halogenated alkanes) is 15. The van der Waals surface area contributed by atoms with Gasteiger partial charge < -0.3 is 14.2 Å². The van der Waals surface area contributed by atoms with E-state index in [0.717, 1.165) is 33.7 Å². The summed E-state index contributed by atoms with van der Waals surface area (Å²) in [5.74, 6) is 0.402. The molecule has 0 aliphatic heterocycles. The van der Waals surface area contributed by atoms with Gasteiger partial charge in [0.1, 0.15) is 12.4 Å². The smallest absolute Gasteiger partial charge is 0.333 e. The molecule has 0 aromatic heterocycles. The van der Waals surface area contributed by atoms with E-state index in [4.69, 9.17) is 14.2 Å². The van der Waals surface area contributed by atoms with E-state index in [1.54, 1.807) is 6.92 Å². The number of aryl methyl sites for hydroxylation is 1. The lowest BCUT2D eigenvalue weighted by atomic mass is 10.0. The number of fused-ring (bicyclic) bond motifs is 2. The van der Waals surface area contributed by atoms with Crippen molar-refractivity contribution in [2.24, 2.45) is 0 Å². The molecule has 0 amide bonds. The van der Waals surface area contributed by atoms with Crippen LogP contribution in [-0.2, 0) is 14.3 Å². The molecular weight excluding hydrogens is 544 g/mol. The third-order valence-corrected chi connectivity index (χ3v) is 8.45. The average molecular weight is 603 g/mol. The number of rotatable bonds is 24. The summed E-state index contributed by atoms with van der Waals surface area (Å²) >= 11 is 0. The Hall–Kier alpha value is -2.85. The molecule has 4 nitrogen and oxygen atoms in total. The second-order valence-corrected chi connectivity index (χ2v) is 12.6. The minimum absolute atomic E-state index is 0.217. The van der Waals surface area contributed by atoms with Crippen LogP contribution in [-0.4, -0.2) is 31.9 Å². The van der Waals surface area contributed by atoms with E-state index in [1.807, 2.05) is 12.1 Å². The summed E-state index contributed by atoms with van der Waals surface area (Å²) in [6.07, 6.45) is 21.0. The van der Waals surface area contributed by atoms with E-state index in [2.05, 4.69) is 56.8 Å². The summed E-state index contributed by atoms with van der Waals surface area (Å²) in [6.45, 7) is 11.0. The zero-order chi connectivity index (χ0) is 31.4. The SMILES string of the molecule is C=C(C)C(=O)OC(COCCCCCCCCCCCCCCCCCC)COc1c2ccccc2cc2ccc(C)cc12. The Morgan fingerprint density at radius 1 is 0.705 bits per heavy atom. The molecule has 0 N–H and O–H groups in total. The predicted molar refractivity (Wildman–Crippen MR) is 187 cm³/mol. The number of carbonyl (C=O) groups excluding carboxylic acids is 1. The molecule has 3 aromatic carbocycles. The monoisotopic (exact) mass is 602 g/mol. The quantitative estimate of drug-likeness (QED) is 0.0443. The maximum atomic E-state index is 12.4. The van der Waals surface area contributed by atoms with E-state index in [1.165, 1.54) is 102 Å². The first-order chi connectivity index (χ1) is 21.5. The first-order valence-corrected chi connectivity index (χ1v) is 17.5.